The molecule has 0 radical (unpaired) electrons. The molecule has 0 atom stereocenters. The number of fused-ring (bicyclic) bond motifs is 1. The van der Waals surface area contributed by atoms with Crippen molar-refractivity contribution in [2.45, 2.75) is 19.3 Å². The summed E-state index contributed by atoms with van der Waals surface area (Å²) in [6, 6.07) is 5.65. The molecule has 0 spiro atoms. The van der Waals surface area contributed by atoms with Gasteiger partial charge < -0.3 is 9.94 Å². The van der Waals surface area contributed by atoms with E-state index in [0.717, 1.165) is 35.4 Å². The lowest BCUT2D eigenvalue weighted by atomic mass is 10.1. The van der Waals surface area contributed by atoms with Crippen LogP contribution in [0.4, 0.5) is 4.39 Å². The van der Waals surface area contributed by atoms with Gasteiger partial charge in [-0.2, -0.15) is 0 Å². The van der Waals surface area contributed by atoms with Gasteiger partial charge in [-0.3, -0.25) is 4.39 Å². The van der Waals surface area contributed by atoms with E-state index in [9.17, 15) is 4.39 Å². The molecule has 0 heterocycles. The largest absolute Gasteiger partial charge is 0.493 e. The van der Waals surface area contributed by atoms with E-state index in [4.69, 9.17) is 9.94 Å². The summed E-state index contributed by atoms with van der Waals surface area (Å²) < 4.78 is 17.3. The molecule has 4 heteroatoms. The van der Waals surface area contributed by atoms with E-state index >= 15 is 0 Å². The van der Waals surface area contributed by atoms with Crippen LogP contribution in [0.1, 0.15) is 24.0 Å². The molecule has 0 bridgehead atoms. The molecule has 1 aliphatic carbocycles. The van der Waals surface area contributed by atoms with E-state index in [2.05, 4.69) is 5.16 Å². The second kappa shape index (κ2) is 4.96. The lowest BCUT2D eigenvalue weighted by molar-refractivity contribution is 0.289. The molecule has 2 rings (SSSR count). The summed E-state index contributed by atoms with van der Waals surface area (Å²) >= 11 is 0. The minimum absolute atomic E-state index is 0.355. The van der Waals surface area contributed by atoms with E-state index in [0.29, 0.717) is 13.0 Å². The van der Waals surface area contributed by atoms with E-state index in [1.807, 2.05) is 18.2 Å². The van der Waals surface area contributed by atoms with Crippen LogP contribution in [-0.2, 0) is 6.42 Å². The first-order chi connectivity index (χ1) is 7.85. The monoisotopic (exact) mass is 223 g/mol. The third-order valence-corrected chi connectivity index (χ3v) is 2.69. The Morgan fingerprint density at radius 2 is 2.25 bits per heavy atom. The Bertz CT molecular complexity index is 404. The van der Waals surface area contributed by atoms with E-state index in [-0.39, 0.29) is 6.67 Å². The Balaban J connectivity index is 2.09. The number of hydrogen-bond acceptors (Lipinski definition) is 3. The standard InChI is InChI=1S/C12H14FNO2/c13-6-1-7-16-10-3-4-11-9(8-10)2-5-12(11)14-15/h3-4,8,15H,1-2,5-7H2/b14-12-. The predicted octanol–water partition coefficient (Wildman–Crippen LogP) is 2.55. The molecule has 0 fully saturated rings. The van der Waals surface area contributed by atoms with Crippen molar-refractivity contribution >= 4 is 5.71 Å². The number of hydrogen-bond donors (Lipinski definition) is 1. The summed E-state index contributed by atoms with van der Waals surface area (Å²) in [6.45, 7) is 0.0441. The molecule has 3 nitrogen and oxygen atoms in total. The number of halogens is 1. The highest BCUT2D eigenvalue weighted by molar-refractivity contribution is 6.04. The molecular formula is C12H14FNO2. The summed E-state index contributed by atoms with van der Waals surface area (Å²) in [6.07, 6.45) is 2.05. The van der Waals surface area contributed by atoms with Crippen molar-refractivity contribution < 1.29 is 14.3 Å². The topological polar surface area (TPSA) is 41.8 Å². The van der Waals surface area contributed by atoms with Crippen LogP contribution >= 0.6 is 0 Å². The summed E-state index contributed by atoms with van der Waals surface area (Å²) in [7, 11) is 0. The quantitative estimate of drug-likeness (QED) is 0.484. The Morgan fingerprint density at radius 1 is 1.38 bits per heavy atom. The first kappa shape index (κ1) is 10.9. The molecule has 1 aliphatic rings. The molecule has 1 N–H and O–H groups in total. The van der Waals surface area contributed by atoms with Crippen LogP contribution < -0.4 is 4.74 Å². The molecule has 1 aromatic rings. The minimum atomic E-state index is -0.355. The number of rotatable bonds is 4. The maximum Gasteiger partial charge on any atom is 0.119 e. The van der Waals surface area contributed by atoms with Gasteiger partial charge in [0.05, 0.1) is 19.0 Å². The van der Waals surface area contributed by atoms with Crippen LogP contribution in [0.15, 0.2) is 23.4 Å². The predicted molar refractivity (Wildman–Crippen MR) is 59.2 cm³/mol. The number of nitrogens with zero attached hydrogens (tertiary/aromatic N) is 1. The van der Waals surface area contributed by atoms with Crippen LogP contribution in [0.5, 0.6) is 5.75 Å². The highest BCUT2D eigenvalue weighted by Gasteiger charge is 2.18. The molecule has 0 amide bonds. The Kier molecular flexibility index (Phi) is 3.39. The molecule has 0 saturated carbocycles. The summed E-state index contributed by atoms with van der Waals surface area (Å²) in [5.74, 6) is 0.756. The number of benzene rings is 1. The molecule has 16 heavy (non-hydrogen) atoms. The van der Waals surface area contributed by atoms with Gasteiger partial charge in [-0.25, -0.2) is 0 Å². The third-order valence-electron chi connectivity index (χ3n) is 2.69. The Labute approximate surface area is 93.5 Å². The van der Waals surface area contributed by atoms with E-state index in [1.54, 1.807) is 0 Å². The normalized spacial score (nSPS) is 16.4. The third kappa shape index (κ3) is 2.15. The van der Waals surface area contributed by atoms with Gasteiger partial charge in [0.2, 0.25) is 0 Å². The first-order valence-corrected chi connectivity index (χ1v) is 5.38. The van der Waals surface area contributed by atoms with Crippen LogP contribution in [-0.4, -0.2) is 24.2 Å². The summed E-state index contributed by atoms with van der Waals surface area (Å²) in [5, 5.41) is 12.0. The Hall–Kier alpha value is -1.58. The number of alkyl halides is 1. The van der Waals surface area contributed by atoms with Crippen LogP contribution in [0, 0.1) is 0 Å². The Morgan fingerprint density at radius 3 is 3.00 bits per heavy atom. The second-order valence-corrected chi connectivity index (χ2v) is 3.76. The SMILES string of the molecule is O/N=C1/CCc2cc(OCCCF)ccc21. The molecule has 86 valence electrons. The number of oxime groups is 1. The van der Waals surface area contributed by atoms with Crippen molar-refractivity contribution in [3.63, 3.8) is 0 Å². The van der Waals surface area contributed by atoms with Crippen molar-refractivity contribution in [2.75, 3.05) is 13.3 Å². The van der Waals surface area contributed by atoms with Gasteiger partial charge in [0.15, 0.2) is 0 Å². The molecule has 0 saturated heterocycles. The van der Waals surface area contributed by atoms with Gasteiger partial charge in [-0.15, -0.1) is 0 Å². The number of ether oxygens (including phenoxy) is 1. The lowest BCUT2D eigenvalue weighted by Crippen LogP contribution is -1.99. The van der Waals surface area contributed by atoms with Crippen LogP contribution in [0.25, 0.3) is 0 Å². The van der Waals surface area contributed by atoms with Crippen LogP contribution in [0.3, 0.4) is 0 Å². The fourth-order valence-corrected chi connectivity index (χ4v) is 1.88. The summed E-state index contributed by atoms with van der Waals surface area (Å²) in [5.41, 5.74) is 2.84. The van der Waals surface area contributed by atoms with E-state index < -0.39 is 0 Å². The molecule has 1 aromatic carbocycles. The second-order valence-electron chi connectivity index (χ2n) is 3.76. The summed E-state index contributed by atoms with van der Waals surface area (Å²) in [4.78, 5) is 0. The molecule has 0 aromatic heterocycles. The fourth-order valence-electron chi connectivity index (χ4n) is 1.88. The van der Waals surface area contributed by atoms with Crippen molar-refractivity contribution in [3.05, 3.63) is 29.3 Å². The zero-order chi connectivity index (χ0) is 11.4. The first-order valence-electron chi connectivity index (χ1n) is 5.38. The van der Waals surface area contributed by atoms with Crippen molar-refractivity contribution in [1.29, 1.82) is 0 Å². The zero-order valence-corrected chi connectivity index (χ0v) is 8.95. The van der Waals surface area contributed by atoms with Gasteiger partial charge >= 0.3 is 0 Å². The highest BCUT2D eigenvalue weighted by atomic mass is 19.1. The highest BCUT2D eigenvalue weighted by Crippen LogP contribution is 2.26. The molecule has 0 aliphatic heterocycles. The maximum atomic E-state index is 11.9. The average molecular weight is 223 g/mol. The molecule has 0 unspecified atom stereocenters. The minimum Gasteiger partial charge on any atom is -0.493 e. The lowest BCUT2D eigenvalue weighted by Gasteiger charge is -2.06. The van der Waals surface area contributed by atoms with Crippen molar-refractivity contribution in [2.24, 2.45) is 5.16 Å². The van der Waals surface area contributed by atoms with Gasteiger partial charge in [-0.1, -0.05) is 5.16 Å². The fraction of sp³-hybridized carbons (Fsp3) is 0.417. The van der Waals surface area contributed by atoms with Gasteiger partial charge in [-0.05, 0) is 36.6 Å². The molecular weight excluding hydrogens is 209 g/mol. The zero-order valence-electron chi connectivity index (χ0n) is 8.95. The van der Waals surface area contributed by atoms with Crippen LogP contribution in [0.2, 0.25) is 0 Å². The van der Waals surface area contributed by atoms with Gasteiger partial charge in [0.25, 0.3) is 0 Å². The van der Waals surface area contributed by atoms with Gasteiger partial charge in [0.1, 0.15) is 5.75 Å². The average Bonchev–Trinajstić information content (AvgIpc) is 2.71. The smallest absolute Gasteiger partial charge is 0.119 e. The van der Waals surface area contributed by atoms with E-state index in [1.165, 1.54) is 0 Å². The number of aryl methyl sites for hydroxylation is 1. The van der Waals surface area contributed by atoms with Crippen molar-refractivity contribution in [3.8, 4) is 5.75 Å². The maximum absolute atomic E-state index is 11.9. The van der Waals surface area contributed by atoms with Gasteiger partial charge in [0, 0.05) is 12.0 Å². The van der Waals surface area contributed by atoms with Crippen molar-refractivity contribution in [1.82, 2.24) is 0 Å².